The molecule has 7 heteroatoms. The minimum atomic E-state index is -0.780. The number of nitrogens with zero attached hydrogens (tertiary/aromatic N) is 2. The van der Waals surface area contributed by atoms with Crippen molar-refractivity contribution in [2.24, 2.45) is 10.9 Å². The average molecular weight is 297 g/mol. The highest BCUT2D eigenvalue weighted by molar-refractivity contribution is 7.99. The number of aliphatic hydroxyl groups excluding tert-OH is 2. The lowest BCUT2D eigenvalue weighted by molar-refractivity contribution is 0.0572. The Kier molecular flexibility index (Phi) is 4.74. The first-order chi connectivity index (χ1) is 9.58. The number of benzene rings is 1. The van der Waals surface area contributed by atoms with Crippen molar-refractivity contribution in [3.8, 4) is 0 Å². The Morgan fingerprint density at radius 1 is 1.40 bits per heavy atom. The van der Waals surface area contributed by atoms with Gasteiger partial charge in [0, 0.05) is 23.7 Å². The fourth-order valence-electron chi connectivity index (χ4n) is 2.33. The Morgan fingerprint density at radius 3 is 2.60 bits per heavy atom. The Balaban J connectivity index is 2.44. The largest absolute Gasteiger partial charge is 0.409 e. The quantitative estimate of drug-likeness (QED) is 0.211. The van der Waals surface area contributed by atoms with Gasteiger partial charge in [0.25, 0.3) is 0 Å². The molecule has 5 N–H and O–H groups in total. The number of hydrogen-bond acceptors (Lipinski definition) is 6. The molecule has 0 aliphatic carbocycles. The van der Waals surface area contributed by atoms with Crippen LogP contribution in [0.1, 0.15) is 12.5 Å². The number of anilines is 1. The van der Waals surface area contributed by atoms with Crippen LogP contribution in [0.2, 0.25) is 0 Å². The molecule has 0 radical (unpaired) electrons. The highest BCUT2D eigenvalue weighted by Crippen LogP contribution is 2.32. The Bertz CT molecular complexity index is 500. The molecule has 0 amide bonds. The number of rotatable bonds is 4. The van der Waals surface area contributed by atoms with Crippen LogP contribution in [0, 0.1) is 0 Å². The minimum absolute atomic E-state index is 0.0347. The van der Waals surface area contributed by atoms with Crippen molar-refractivity contribution >= 4 is 23.3 Å². The van der Waals surface area contributed by atoms with Crippen LogP contribution < -0.4 is 10.6 Å². The lowest BCUT2D eigenvalue weighted by atomic mass is 10.1. The van der Waals surface area contributed by atoms with E-state index in [-0.39, 0.29) is 5.84 Å². The maximum Gasteiger partial charge on any atom is 0.173 e. The topological polar surface area (TPSA) is 102 Å². The molecule has 0 spiro atoms. The Hall–Kier alpha value is -1.44. The molecule has 110 valence electrons. The van der Waals surface area contributed by atoms with Gasteiger partial charge in [0.15, 0.2) is 5.84 Å². The van der Waals surface area contributed by atoms with E-state index < -0.39 is 12.2 Å². The Labute approximate surface area is 121 Å². The van der Waals surface area contributed by atoms with Crippen molar-refractivity contribution in [2.75, 3.05) is 23.7 Å². The molecule has 2 atom stereocenters. The van der Waals surface area contributed by atoms with Crippen LogP contribution in [0.4, 0.5) is 5.69 Å². The number of thioether (sulfide) groups is 1. The summed E-state index contributed by atoms with van der Waals surface area (Å²) in [4.78, 5) is 2.76. The molecule has 1 fully saturated rings. The first-order valence-electron chi connectivity index (χ1n) is 6.43. The summed E-state index contributed by atoms with van der Waals surface area (Å²) >= 11 is 1.60. The van der Waals surface area contributed by atoms with E-state index in [0.717, 1.165) is 16.3 Å². The summed E-state index contributed by atoms with van der Waals surface area (Å²) in [6.45, 7) is 2.68. The lowest BCUT2D eigenvalue weighted by Gasteiger charge is -2.22. The number of amidine groups is 1. The normalized spacial score (nSPS) is 23.4. The molecule has 20 heavy (non-hydrogen) atoms. The van der Waals surface area contributed by atoms with Gasteiger partial charge in [0.05, 0.1) is 17.8 Å². The van der Waals surface area contributed by atoms with Gasteiger partial charge in [-0.15, -0.1) is 11.8 Å². The summed E-state index contributed by atoms with van der Waals surface area (Å²) < 4.78 is 0. The van der Waals surface area contributed by atoms with Gasteiger partial charge < -0.3 is 26.1 Å². The molecule has 2 rings (SSSR count). The number of hydrogen-bond donors (Lipinski definition) is 4. The molecule has 0 bridgehead atoms. The van der Waals surface area contributed by atoms with Crippen molar-refractivity contribution in [1.29, 1.82) is 0 Å². The summed E-state index contributed by atoms with van der Waals surface area (Å²) in [5, 5.41) is 31.5. The summed E-state index contributed by atoms with van der Waals surface area (Å²) in [5.41, 5.74) is 7.20. The number of nitrogens with two attached hydrogens (primary N) is 1. The van der Waals surface area contributed by atoms with Crippen LogP contribution in [-0.2, 0) is 0 Å². The van der Waals surface area contributed by atoms with E-state index in [1.165, 1.54) is 0 Å². The minimum Gasteiger partial charge on any atom is -0.409 e. The van der Waals surface area contributed by atoms with Crippen molar-refractivity contribution in [3.05, 3.63) is 23.8 Å². The molecule has 1 aliphatic rings. The number of aliphatic hydroxyl groups is 2. The maximum atomic E-state index is 9.68. The van der Waals surface area contributed by atoms with Crippen LogP contribution in [0.3, 0.4) is 0 Å². The molecule has 1 aromatic rings. The fourth-order valence-corrected chi connectivity index (χ4v) is 3.17. The van der Waals surface area contributed by atoms with E-state index in [2.05, 4.69) is 5.16 Å². The van der Waals surface area contributed by atoms with E-state index in [4.69, 9.17) is 10.9 Å². The third-order valence-corrected chi connectivity index (χ3v) is 4.21. The van der Waals surface area contributed by atoms with E-state index in [9.17, 15) is 10.2 Å². The SMILES string of the molecule is CCSc1cccc(N2CC(O)C(O)C2)c1/C(N)=N/O. The third kappa shape index (κ3) is 2.84. The van der Waals surface area contributed by atoms with Crippen molar-refractivity contribution in [1.82, 2.24) is 0 Å². The van der Waals surface area contributed by atoms with Gasteiger partial charge in [-0.2, -0.15) is 0 Å². The highest BCUT2D eigenvalue weighted by atomic mass is 32.2. The van der Waals surface area contributed by atoms with E-state index >= 15 is 0 Å². The summed E-state index contributed by atoms with van der Waals surface area (Å²) in [5.74, 6) is 0.896. The zero-order valence-corrected chi connectivity index (χ0v) is 12.0. The van der Waals surface area contributed by atoms with E-state index in [1.807, 2.05) is 30.0 Å². The van der Waals surface area contributed by atoms with Crippen molar-refractivity contribution < 1.29 is 15.4 Å². The second-order valence-electron chi connectivity index (χ2n) is 4.61. The summed E-state index contributed by atoms with van der Waals surface area (Å²) in [6.07, 6.45) is -1.56. The number of β-amino-alcohol motifs (C(OH)–C–C–N with tert-alkyl or cyclic N) is 2. The van der Waals surface area contributed by atoms with Crippen molar-refractivity contribution in [2.45, 2.75) is 24.0 Å². The zero-order valence-electron chi connectivity index (χ0n) is 11.2. The third-order valence-electron chi connectivity index (χ3n) is 3.27. The second-order valence-corrected chi connectivity index (χ2v) is 5.91. The van der Waals surface area contributed by atoms with Gasteiger partial charge in [-0.1, -0.05) is 18.1 Å². The first kappa shape index (κ1) is 15.0. The molecule has 0 saturated carbocycles. The molecule has 2 unspecified atom stereocenters. The van der Waals surface area contributed by atoms with Gasteiger partial charge in [-0.25, -0.2) is 0 Å². The number of oxime groups is 1. The van der Waals surface area contributed by atoms with Gasteiger partial charge in [-0.05, 0) is 17.9 Å². The van der Waals surface area contributed by atoms with Crippen LogP contribution in [-0.4, -0.2) is 52.3 Å². The van der Waals surface area contributed by atoms with Crippen LogP contribution in [0.25, 0.3) is 0 Å². The van der Waals surface area contributed by atoms with Crippen molar-refractivity contribution in [3.63, 3.8) is 0 Å². The van der Waals surface area contributed by atoms with Gasteiger partial charge in [0.2, 0.25) is 0 Å². The summed E-state index contributed by atoms with van der Waals surface area (Å²) in [7, 11) is 0. The predicted octanol–water partition coefficient (Wildman–Crippen LogP) is 0.435. The zero-order chi connectivity index (χ0) is 14.7. The standard InChI is InChI=1S/C13H19N3O3S/c1-2-20-11-5-3-4-8(12(11)13(14)15-19)16-6-9(17)10(18)7-16/h3-5,9-10,17-19H,2,6-7H2,1H3,(H2,14,15). The van der Waals surface area contributed by atoms with Crippen LogP contribution in [0.5, 0.6) is 0 Å². The maximum absolute atomic E-state index is 9.68. The monoisotopic (exact) mass is 297 g/mol. The first-order valence-corrected chi connectivity index (χ1v) is 7.41. The van der Waals surface area contributed by atoms with Crippen LogP contribution in [0.15, 0.2) is 28.3 Å². The second kappa shape index (κ2) is 6.34. The van der Waals surface area contributed by atoms with Gasteiger partial charge >= 0.3 is 0 Å². The lowest BCUT2D eigenvalue weighted by Crippen LogP contribution is -2.26. The molecule has 1 heterocycles. The van der Waals surface area contributed by atoms with E-state index in [0.29, 0.717) is 18.7 Å². The molecule has 6 nitrogen and oxygen atoms in total. The van der Waals surface area contributed by atoms with E-state index in [1.54, 1.807) is 11.8 Å². The smallest absolute Gasteiger partial charge is 0.173 e. The van der Waals surface area contributed by atoms with Crippen LogP contribution >= 0.6 is 11.8 Å². The molecule has 1 aliphatic heterocycles. The molecule has 0 aromatic heterocycles. The molecule has 1 saturated heterocycles. The molecule has 1 aromatic carbocycles. The molecular formula is C13H19N3O3S. The highest BCUT2D eigenvalue weighted by Gasteiger charge is 2.31. The van der Waals surface area contributed by atoms with Gasteiger partial charge in [-0.3, -0.25) is 0 Å². The molecular weight excluding hydrogens is 278 g/mol. The summed E-state index contributed by atoms with van der Waals surface area (Å²) in [6, 6.07) is 5.64. The Morgan fingerprint density at radius 2 is 2.05 bits per heavy atom. The fraction of sp³-hybridized carbons (Fsp3) is 0.462. The predicted molar refractivity (Wildman–Crippen MR) is 79.6 cm³/mol. The average Bonchev–Trinajstić information content (AvgIpc) is 2.78. The van der Waals surface area contributed by atoms with Gasteiger partial charge in [0.1, 0.15) is 0 Å².